The average molecular weight is 1230 g/mol. The van der Waals surface area contributed by atoms with E-state index in [1.54, 1.807) is 47.0 Å². The first-order valence-corrected chi connectivity index (χ1v) is 31.9. The molecule has 0 aliphatic carbocycles. The average Bonchev–Trinajstić information content (AvgIpc) is 0.902. The number of hydrogen-bond donors (Lipinski definition) is 0. The highest BCUT2D eigenvalue weighted by Crippen LogP contribution is 2.37. The predicted molar refractivity (Wildman–Crippen MR) is 378 cm³/mol. The molecule has 5 nitrogen and oxygen atoms in total. The molecule has 0 radical (unpaired) electrons. The van der Waals surface area contributed by atoms with Crippen molar-refractivity contribution in [1.29, 1.82) is 0 Å². The molecule has 3 aromatic heterocycles. The number of fused-ring (bicyclic) bond motifs is 4. The van der Waals surface area contributed by atoms with Crippen LogP contribution in [-0.2, 0) is 5.41 Å². The summed E-state index contributed by atoms with van der Waals surface area (Å²) < 4.78 is 376. The van der Waals surface area contributed by atoms with Crippen molar-refractivity contribution in [1.82, 2.24) is 14.1 Å². The summed E-state index contributed by atoms with van der Waals surface area (Å²) in [7, 11) is -13.7. The zero-order chi connectivity index (χ0) is 93.8. The second-order valence-electron chi connectivity index (χ2n) is 21.6. The van der Waals surface area contributed by atoms with Crippen LogP contribution >= 0.6 is 0 Å². The predicted octanol–water partition coefficient (Wildman–Crippen LogP) is 14.0. The molecule has 15 rings (SSSR count). The largest absolute Gasteiger partial charge is 0.458 e. The maximum Gasteiger partial charge on any atom is 0.269 e. The number of hydrogen-bond acceptors (Lipinski definition) is 2. The molecule has 0 bridgehead atoms. The second kappa shape index (κ2) is 23.1. The summed E-state index contributed by atoms with van der Waals surface area (Å²) in [5.74, 6) is 0.109. The van der Waals surface area contributed by atoms with Crippen LogP contribution in [0.15, 0.2) is 327 Å². The second-order valence-corrected chi connectivity index (χ2v) is 28.7. The first-order chi connectivity index (χ1) is 59.9. The summed E-state index contributed by atoms with van der Waals surface area (Å²) in [6.45, 7) is 1.57. The minimum atomic E-state index is -6.85. The lowest BCUT2D eigenvalue weighted by Crippen LogP contribution is -2.80. The van der Waals surface area contributed by atoms with E-state index in [-0.39, 0.29) is 45.2 Å². The number of ether oxygens (including phenoxy) is 1. The fourth-order valence-corrected chi connectivity index (χ4v) is 19.9. The van der Waals surface area contributed by atoms with Gasteiger partial charge in [0, 0.05) is 32.7 Å². The molecule has 0 unspecified atom stereocenters. The number of nitrogens with zero attached hydrogens (tertiary/aromatic N) is 4. The Kier molecular flexibility index (Phi) is 7.24. The van der Waals surface area contributed by atoms with Gasteiger partial charge in [-0.25, -0.2) is 4.98 Å². The van der Waals surface area contributed by atoms with Crippen LogP contribution in [0.3, 0.4) is 0 Å². The Morgan fingerprint density at radius 2 is 0.933 bits per heavy atom. The van der Waals surface area contributed by atoms with Gasteiger partial charge in [0.2, 0.25) is 0 Å². The van der Waals surface area contributed by atoms with E-state index in [9.17, 15) is 41.1 Å². The summed E-state index contributed by atoms with van der Waals surface area (Å²) in [6, 6.07) is -13.5. The van der Waals surface area contributed by atoms with Gasteiger partial charge in [-0.1, -0.05) is 293 Å². The van der Waals surface area contributed by atoms with Crippen molar-refractivity contribution in [2.24, 2.45) is 0 Å². The number of pyridine rings is 1. The van der Waals surface area contributed by atoms with E-state index in [1.807, 2.05) is 0 Å². The molecular weight excluding hydrogens is 1130 g/mol. The highest BCUT2D eigenvalue weighted by molar-refractivity contribution is 7.22. The maximum atomic E-state index is 10.4. The molecule has 0 N–H and O–H groups in total. The Morgan fingerprint density at radius 3 is 1.44 bits per heavy atom. The third-order valence-electron chi connectivity index (χ3n) is 15.7. The highest BCUT2D eigenvalue weighted by atomic mass is 28.3. The van der Waals surface area contributed by atoms with Crippen LogP contribution in [0, 0.1) is 13.2 Å². The van der Waals surface area contributed by atoms with E-state index < -0.39 is 298 Å². The Hall–Kier alpha value is -10.7. The van der Waals surface area contributed by atoms with Crippen molar-refractivity contribution < 1.29 is 61.4 Å². The number of imidazole rings is 1. The van der Waals surface area contributed by atoms with Crippen LogP contribution in [0.4, 0.5) is 0 Å². The lowest BCUT2D eigenvalue weighted by Gasteiger charge is -2.42. The summed E-state index contributed by atoms with van der Waals surface area (Å²) in [4.78, 5) is 4.69. The van der Waals surface area contributed by atoms with Gasteiger partial charge in [0.05, 0.1) is 81.4 Å². The topological polar surface area (TPSA) is 35.9 Å². The van der Waals surface area contributed by atoms with Crippen molar-refractivity contribution in [2.75, 3.05) is 0 Å². The van der Waals surface area contributed by atoms with Crippen molar-refractivity contribution in [3.05, 3.63) is 344 Å². The van der Waals surface area contributed by atoms with Gasteiger partial charge in [0.15, 0.2) is 16.1 Å². The zero-order valence-corrected chi connectivity index (χ0v) is 49.7. The van der Waals surface area contributed by atoms with Crippen LogP contribution < -0.4 is 50.8 Å². The van der Waals surface area contributed by atoms with Crippen LogP contribution in [-0.4, -0.2) is 30.3 Å². The summed E-state index contributed by atoms with van der Waals surface area (Å²) >= 11 is 0. The third-order valence-corrected chi connectivity index (χ3v) is 24.0. The van der Waals surface area contributed by atoms with E-state index in [4.69, 9.17) is 20.7 Å². The van der Waals surface area contributed by atoms with Gasteiger partial charge in [-0.2, -0.15) is 0 Å². The maximum absolute atomic E-state index is 10.4. The molecule has 0 fully saturated rings. The Labute approximate surface area is 582 Å². The van der Waals surface area contributed by atoms with Gasteiger partial charge >= 0.3 is 0 Å². The molecule has 0 spiro atoms. The van der Waals surface area contributed by atoms with Crippen molar-refractivity contribution in [2.45, 2.75) is 33.0 Å². The van der Waals surface area contributed by atoms with Gasteiger partial charge < -0.3 is 4.74 Å². The van der Waals surface area contributed by atoms with Gasteiger partial charge in [-0.15, -0.1) is 0 Å². The molecule has 432 valence electrons. The minimum absolute atomic E-state index is 0.00436. The minimum Gasteiger partial charge on any atom is -0.458 e. The van der Waals surface area contributed by atoms with E-state index in [0.717, 1.165) is 10.8 Å². The van der Waals surface area contributed by atoms with E-state index in [1.165, 1.54) is 92.1 Å². The lowest BCUT2D eigenvalue weighted by atomic mass is 9.87. The Morgan fingerprint density at radius 1 is 0.467 bits per heavy atom. The third kappa shape index (κ3) is 9.53. The molecule has 0 saturated carbocycles. The zero-order valence-electron chi connectivity index (χ0n) is 85.7. The molecule has 3 heterocycles. The molecule has 0 aliphatic rings. The SMILES string of the molecule is [2H]c1c([2H])c([2H])c(-c2cnc(-n3c4ccccc4c4ccc(Oc5cccc(-n6[c-][n+](-c7c([Si](c8c([2H])c([2H])c([2H])c([2H])c8[2H])(c8c([2H])c([2H])c([2H])c([2H])c8[2H])c8c([2H])c([2H])c([2H])c([2H])c8[2H])cc(C(C)(C)C)cc7[Si](c7c([2H])c([2H])c([2H])c([2H])c7[2H])(c7c([2H])c([2H])c([2H])c([2H])c7[2H])c7c([2H])c([2H])c([2H])c([2H])c7[2H])c7ccccc76)c5)cc43)cc2C([2H])([2H])[2H])c([2H])c1[2H]. The van der Waals surface area contributed by atoms with E-state index in [0.29, 0.717) is 21.8 Å². The van der Waals surface area contributed by atoms with Gasteiger partial charge in [0.25, 0.3) is 6.33 Å². The molecule has 0 aliphatic heterocycles. The number of benzene rings is 12. The first kappa shape index (κ1) is 28.2. The van der Waals surface area contributed by atoms with Crippen LogP contribution in [0.2, 0.25) is 0 Å². The van der Waals surface area contributed by atoms with E-state index in [2.05, 4.69) is 6.33 Å². The van der Waals surface area contributed by atoms with Crippen molar-refractivity contribution in [3.63, 3.8) is 0 Å². The molecule has 0 atom stereocenters. The van der Waals surface area contributed by atoms with Crippen LogP contribution in [0.1, 0.15) is 84.0 Å². The fraction of sp³-hybridized carbons (Fsp3) is 0.0602. The lowest BCUT2D eigenvalue weighted by molar-refractivity contribution is -0.570. The molecule has 12 aromatic carbocycles. The van der Waals surface area contributed by atoms with Crippen LogP contribution in [0.25, 0.3) is 61.2 Å². The van der Waals surface area contributed by atoms with Crippen molar-refractivity contribution in [3.8, 4) is 39.8 Å². The van der Waals surface area contributed by atoms with Gasteiger partial charge in [0.1, 0.15) is 17.3 Å². The molecule has 0 saturated heterocycles. The molecule has 0 amide bonds. The normalized spacial score (nSPS) is 18.1. The smallest absolute Gasteiger partial charge is 0.269 e. The highest BCUT2D eigenvalue weighted by Gasteiger charge is 2.49. The molecule has 7 heteroatoms. The first-order valence-electron chi connectivity index (χ1n) is 46.9. The Balaban J connectivity index is 1.16. The summed E-state index contributed by atoms with van der Waals surface area (Å²) in [5.41, 5.74) is -3.13. The fourth-order valence-electron chi connectivity index (χ4n) is 11.7. The molecular formula is C83H66N4OSi2. The number of aromatic nitrogens is 4. The summed E-state index contributed by atoms with van der Waals surface area (Å²) in [5, 5.41) is -7.23. The number of rotatable bonds is 14. The monoisotopic (exact) mass is 1230 g/mol. The van der Waals surface area contributed by atoms with Gasteiger partial charge in [-0.3, -0.25) is 13.7 Å². The number of aryl methyl sites for hydroxylation is 1. The van der Waals surface area contributed by atoms with Gasteiger partial charge in [-0.05, 0) is 113 Å². The molecule has 90 heavy (non-hydrogen) atoms. The quantitative estimate of drug-likeness (QED) is 0.0471. The number of para-hydroxylation sites is 3. The molecule has 15 aromatic rings. The van der Waals surface area contributed by atoms with Crippen LogP contribution in [0.5, 0.6) is 11.5 Å². The van der Waals surface area contributed by atoms with E-state index >= 15 is 0 Å². The Bertz CT molecular complexity index is 6650. The summed E-state index contributed by atoms with van der Waals surface area (Å²) in [6.07, 6.45) is 4.43. The van der Waals surface area contributed by atoms with Crippen molar-refractivity contribution >= 4 is 90.5 Å². The standard InChI is InChI=1S/C83H66N4OSi2/c1-60-53-81(84-58-74(60)61-31-12-5-13-32-61)87-75-48-27-26-47-72(75)73-52-51-65(57-78(73)87)88-64-34-30-33-63(56-64)85-59-86(77-50-29-28-49-76(77)85)82-79(89(66-35-14-6-15-36-66,67-37-16-7-17-38-67)68-39-18-8-19-40-68)54-62(83(2,3)4)55-80(82)90(69-41-20-9-21-42-69,70-43-22-10-23-44-70)71-45-24-11-25-46-71/h5-58H,1-4H3/i1D3,5D,6D,7D,8D,9D,10D,11D,12D,13D,14D,15D,16D,17D,18D,19D,20D,21D,22D,23D,24D,25D,31D,32D,35D,36D,37D,38D,39D,40D,41D,42D,43D,44D,45D,46D.